The van der Waals surface area contributed by atoms with Crippen molar-refractivity contribution in [3.05, 3.63) is 0 Å². The van der Waals surface area contributed by atoms with Gasteiger partial charge in [-0.2, -0.15) is 0 Å². The molecular weight excluding hydrogens is 594 g/mol. The second kappa shape index (κ2) is 14.8. The molecule has 0 aromatic rings. The van der Waals surface area contributed by atoms with Crippen LogP contribution in [0.3, 0.4) is 0 Å². The molecule has 9 nitrogen and oxygen atoms in total. The molecule has 4 N–H and O–H groups in total. The van der Waals surface area contributed by atoms with Gasteiger partial charge in [0.1, 0.15) is 24.4 Å². The number of aliphatic hydroxyl groups excluding tert-OH is 4. The monoisotopic (exact) mass is 652 g/mol. The van der Waals surface area contributed by atoms with Crippen molar-refractivity contribution in [3.8, 4) is 0 Å². The minimum atomic E-state index is -4.73. The van der Waals surface area contributed by atoms with Crippen LogP contribution in [0.15, 0.2) is 0 Å². The van der Waals surface area contributed by atoms with Gasteiger partial charge in [0.05, 0.1) is 12.7 Å². The first-order chi connectivity index (χ1) is 20.2. The Hall–Kier alpha value is 0.910. The fraction of sp³-hybridized carbons (Fsp3) is 1.00. The van der Waals surface area contributed by atoms with Gasteiger partial charge in [0, 0.05) is 0 Å². The Morgan fingerprint density at radius 3 is 2.27 bits per heavy atom. The van der Waals surface area contributed by atoms with Gasteiger partial charge in [0.2, 0.25) is 0 Å². The molecule has 0 bridgehead atoms. The third-order valence-electron chi connectivity index (χ3n) is 13.2. The smallest absolute Gasteiger partial charge is 0.756 e. The van der Waals surface area contributed by atoms with Crippen molar-refractivity contribution < 1.29 is 73.2 Å². The number of hydrogen-bond donors (Lipinski definition) is 4. The summed E-state index contributed by atoms with van der Waals surface area (Å²) in [7, 11) is -4.73. The van der Waals surface area contributed by atoms with Gasteiger partial charge in [0.15, 0.2) is 6.29 Å². The third kappa shape index (κ3) is 7.55. The Balaban J connectivity index is 0.00000442. The van der Waals surface area contributed by atoms with Crippen LogP contribution in [0.5, 0.6) is 0 Å². The molecule has 4 saturated carbocycles. The maximum absolute atomic E-state index is 12.8. The Morgan fingerprint density at radius 2 is 1.57 bits per heavy atom. The van der Waals surface area contributed by atoms with Crippen molar-refractivity contribution >= 4 is 7.82 Å². The Kier molecular flexibility index (Phi) is 12.7. The van der Waals surface area contributed by atoms with Crippen LogP contribution in [-0.2, 0) is 18.3 Å². The average Bonchev–Trinajstić information content (AvgIpc) is 3.30. The van der Waals surface area contributed by atoms with E-state index in [4.69, 9.17) is 13.8 Å². The summed E-state index contributed by atoms with van der Waals surface area (Å²) in [6.07, 6.45) is 5.52. The molecule has 0 aromatic carbocycles. The van der Waals surface area contributed by atoms with Crippen LogP contribution in [0, 0.1) is 52.3 Å². The molecular formula is C33H58NaO9P. The van der Waals surface area contributed by atoms with Crippen LogP contribution in [0.1, 0.15) is 112 Å². The number of phosphoric ester groups is 1. The Bertz CT molecular complexity index is 1000. The maximum Gasteiger partial charge on any atom is 1.00 e. The van der Waals surface area contributed by atoms with E-state index in [-0.39, 0.29) is 35.0 Å². The van der Waals surface area contributed by atoms with E-state index in [1.807, 2.05) is 0 Å². The van der Waals surface area contributed by atoms with Crippen LogP contribution < -0.4 is 34.5 Å². The van der Waals surface area contributed by atoms with E-state index in [9.17, 15) is 29.9 Å². The van der Waals surface area contributed by atoms with Gasteiger partial charge in [-0.05, 0) is 110 Å². The molecule has 5 rings (SSSR count). The summed E-state index contributed by atoms with van der Waals surface area (Å²) in [5.41, 5.74) is 0.653. The number of hydrogen-bond acceptors (Lipinski definition) is 9. The van der Waals surface area contributed by atoms with Crippen molar-refractivity contribution in [1.82, 2.24) is 0 Å². The molecule has 15 atom stereocenters. The molecule has 1 heterocycles. The summed E-state index contributed by atoms with van der Waals surface area (Å²) in [5.74, 6) is 5.09. The normalized spacial score (nSPS) is 47.6. The van der Waals surface area contributed by atoms with E-state index in [0.717, 1.165) is 42.4 Å². The van der Waals surface area contributed by atoms with Gasteiger partial charge in [-0.1, -0.05) is 53.9 Å². The summed E-state index contributed by atoms with van der Waals surface area (Å²) >= 11 is 0. The van der Waals surface area contributed by atoms with E-state index in [1.54, 1.807) is 0 Å². The molecule has 5 fully saturated rings. The fourth-order valence-corrected chi connectivity index (χ4v) is 11.7. The zero-order valence-corrected chi connectivity index (χ0v) is 30.9. The summed E-state index contributed by atoms with van der Waals surface area (Å²) in [6, 6.07) is 0. The molecule has 5 aliphatic rings. The third-order valence-corrected chi connectivity index (χ3v) is 14.2. The molecule has 0 aromatic heterocycles. The number of phosphoric acid groups is 1. The van der Waals surface area contributed by atoms with Gasteiger partial charge >= 0.3 is 29.6 Å². The SMILES string of the molecule is CC(C)CCC[C@@H](C)[C@H]1CC[C@H]2[C@@H]3CC[C@H]4C[C@@H](OP(=O)([O-])OC[C@H]5OC(O)[C@@H](O)[C@@H](O)[C@@H]5O)CC[C@]4(C)[C@H]3CC[C@]12C.[Na+]. The summed E-state index contributed by atoms with van der Waals surface area (Å²) in [4.78, 5) is 12.8. The van der Waals surface area contributed by atoms with E-state index in [2.05, 4.69) is 34.6 Å². The topological polar surface area (TPSA) is 149 Å². The average molecular weight is 653 g/mol. The second-order valence-electron chi connectivity index (χ2n) is 16.0. The van der Waals surface area contributed by atoms with Gasteiger partial charge < -0.3 is 39.1 Å². The molecule has 2 unspecified atom stereocenters. The van der Waals surface area contributed by atoms with Crippen LogP contribution in [0.2, 0.25) is 0 Å². The summed E-state index contributed by atoms with van der Waals surface area (Å²) < 4.78 is 28.4. The minimum Gasteiger partial charge on any atom is -0.756 e. The van der Waals surface area contributed by atoms with E-state index in [0.29, 0.717) is 30.1 Å². The predicted octanol–water partition coefficient (Wildman–Crippen LogP) is 1.78. The van der Waals surface area contributed by atoms with E-state index >= 15 is 0 Å². The minimum absolute atomic E-state index is 0. The summed E-state index contributed by atoms with van der Waals surface area (Å²) in [5, 5.41) is 39.3. The molecule has 0 spiro atoms. The molecule has 0 radical (unpaired) electrons. The first-order valence-electron chi connectivity index (χ1n) is 17.2. The Morgan fingerprint density at radius 1 is 0.886 bits per heavy atom. The molecule has 11 heteroatoms. The standard InChI is InChI=1S/C33H59O9P.Na/c1-19(2)7-6-8-20(3)24-11-12-25-23-10-9-21-17-22(13-15-32(21,4)26(23)14-16-33(24,25)5)42-43(38,39)40-18-27-28(34)29(35)30(36)31(37)41-27;/h19-31,34-37H,6-18H2,1-5H3,(H,38,39);/q;+1/p-1/t20-,21+,22+,23+,24-,25+,26+,27-,28-,29+,30+,31?,32+,33-;/m1./s1. The van der Waals surface area contributed by atoms with Gasteiger partial charge in [-0.3, -0.25) is 4.57 Å². The van der Waals surface area contributed by atoms with Gasteiger partial charge in [0.25, 0.3) is 7.82 Å². The van der Waals surface area contributed by atoms with Crippen LogP contribution in [0.25, 0.3) is 0 Å². The molecule has 1 saturated heterocycles. The van der Waals surface area contributed by atoms with E-state index in [1.165, 1.54) is 51.4 Å². The van der Waals surface area contributed by atoms with Crippen molar-refractivity contribution in [2.24, 2.45) is 52.3 Å². The molecule has 44 heavy (non-hydrogen) atoms. The first kappa shape index (κ1) is 37.7. The van der Waals surface area contributed by atoms with Crippen molar-refractivity contribution in [2.75, 3.05) is 6.61 Å². The predicted molar refractivity (Wildman–Crippen MR) is 160 cm³/mol. The van der Waals surface area contributed by atoms with Gasteiger partial charge in [-0.25, -0.2) is 0 Å². The van der Waals surface area contributed by atoms with Crippen molar-refractivity contribution in [1.29, 1.82) is 0 Å². The summed E-state index contributed by atoms with van der Waals surface area (Å²) in [6.45, 7) is 11.6. The zero-order chi connectivity index (χ0) is 31.3. The number of fused-ring (bicyclic) bond motifs is 5. The molecule has 250 valence electrons. The number of rotatable bonds is 10. The zero-order valence-electron chi connectivity index (χ0n) is 28.0. The second-order valence-corrected chi connectivity index (χ2v) is 17.3. The van der Waals surface area contributed by atoms with Gasteiger partial charge in [-0.15, -0.1) is 0 Å². The fourth-order valence-electron chi connectivity index (χ4n) is 10.8. The van der Waals surface area contributed by atoms with Crippen molar-refractivity contribution in [3.63, 3.8) is 0 Å². The van der Waals surface area contributed by atoms with E-state index < -0.39 is 51.2 Å². The molecule has 4 aliphatic carbocycles. The van der Waals surface area contributed by atoms with Crippen LogP contribution in [0.4, 0.5) is 0 Å². The maximum atomic E-state index is 12.8. The first-order valence-corrected chi connectivity index (χ1v) is 18.6. The quantitative estimate of drug-likeness (QED) is 0.205. The molecule has 1 aliphatic heterocycles. The molecule has 0 amide bonds. The largest absolute Gasteiger partial charge is 1.00 e. The number of ether oxygens (including phenoxy) is 1. The van der Waals surface area contributed by atoms with Crippen LogP contribution >= 0.6 is 7.82 Å². The van der Waals surface area contributed by atoms with Crippen molar-refractivity contribution in [2.45, 2.75) is 148 Å². The Labute approximate surface area is 287 Å². The number of aliphatic hydroxyl groups is 4. The van der Waals surface area contributed by atoms with Crippen LogP contribution in [-0.4, -0.2) is 63.8 Å².